The predicted octanol–water partition coefficient (Wildman–Crippen LogP) is 2.78. The summed E-state index contributed by atoms with van der Waals surface area (Å²) in [5.74, 6) is -1.13. The number of carboxylic acids is 1. The molecule has 2 heterocycles. The zero-order valence-electron chi connectivity index (χ0n) is 17.3. The normalized spacial score (nSPS) is 15.1. The van der Waals surface area contributed by atoms with Crippen LogP contribution in [0.15, 0.2) is 41.2 Å². The second-order valence-corrected chi connectivity index (χ2v) is 7.48. The quantitative estimate of drug-likeness (QED) is 0.648. The number of aromatic carboxylic acids is 1. The molecule has 1 saturated heterocycles. The number of halogens is 1. The molecule has 0 aliphatic carbocycles. The molecular weight excluding hydrogens is 403 g/mol. The van der Waals surface area contributed by atoms with Crippen LogP contribution in [0, 0.1) is 5.82 Å². The van der Waals surface area contributed by atoms with Crippen LogP contribution in [-0.2, 0) is 11.8 Å². The van der Waals surface area contributed by atoms with E-state index >= 15 is 0 Å². The Balaban J connectivity index is 1.83. The van der Waals surface area contributed by atoms with Crippen LogP contribution in [0.3, 0.4) is 0 Å². The number of hydrogen-bond donors (Lipinski definition) is 2. The molecule has 2 aromatic carbocycles. The fourth-order valence-electron chi connectivity index (χ4n) is 3.84. The van der Waals surface area contributed by atoms with Gasteiger partial charge < -0.3 is 20.1 Å². The smallest absolute Gasteiger partial charge is 0.337 e. The Morgan fingerprint density at radius 3 is 2.68 bits per heavy atom. The van der Waals surface area contributed by atoms with E-state index in [1.165, 1.54) is 22.8 Å². The zero-order valence-corrected chi connectivity index (χ0v) is 17.3. The molecule has 4 rings (SSSR count). The number of para-hydroxylation sites is 1. The molecule has 162 valence electrons. The lowest BCUT2D eigenvalue weighted by atomic mass is 10.0. The lowest BCUT2D eigenvalue weighted by Gasteiger charge is -2.29. The highest BCUT2D eigenvalue weighted by atomic mass is 19.1. The molecule has 1 aliphatic heterocycles. The molecule has 1 aliphatic rings. The number of carboxylic acid groups (broad SMARTS) is 1. The van der Waals surface area contributed by atoms with Gasteiger partial charge in [0.1, 0.15) is 5.82 Å². The van der Waals surface area contributed by atoms with E-state index in [0.29, 0.717) is 49.0 Å². The fraction of sp³-hybridized carbons (Fsp3) is 0.318. The SMILES string of the molecule is C[C@H](Nc1ccccc1C(=O)O)c1cc(F)cc2c(=O)n(C)c(N3CCOCC3)nc12. The molecule has 0 spiro atoms. The molecule has 0 unspecified atom stereocenters. The number of rotatable bonds is 5. The van der Waals surface area contributed by atoms with Crippen LogP contribution in [0.4, 0.5) is 16.0 Å². The number of ether oxygens (including phenoxy) is 1. The maximum Gasteiger partial charge on any atom is 0.337 e. The van der Waals surface area contributed by atoms with Crippen molar-refractivity contribution < 1.29 is 19.0 Å². The first-order chi connectivity index (χ1) is 14.9. The Hall–Kier alpha value is -3.46. The fourth-order valence-corrected chi connectivity index (χ4v) is 3.84. The molecule has 3 aromatic rings. The van der Waals surface area contributed by atoms with Crippen LogP contribution in [0.2, 0.25) is 0 Å². The van der Waals surface area contributed by atoms with Crippen molar-refractivity contribution in [1.82, 2.24) is 9.55 Å². The predicted molar refractivity (Wildman–Crippen MR) is 115 cm³/mol. The van der Waals surface area contributed by atoms with E-state index in [9.17, 15) is 19.1 Å². The van der Waals surface area contributed by atoms with Crippen molar-refractivity contribution in [2.45, 2.75) is 13.0 Å². The summed E-state index contributed by atoms with van der Waals surface area (Å²) in [6, 6.07) is 8.51. The van der Waals surface area contributed by atoms with Gasteiger partial charge in [-0.15, -0.1) is 0 Å². The molecule has 0 bridgehead atoms. The lowest BCUT2D eigenvalue weighted by Crippen LogP contribution is -2.40. The van der Waals surface area contributed by atoms with E-state index < -0.39 is 17.8 Å². The number of nitrogens with one attached hydrogen (secondary N) is 1. The Kier molecular flexibility index (Phi) is 5.60. The topological polar surface area (TPSA) is 96.7 Å². The Labute approximate surface area is 177 Å². The summed E-state index contributed by atoms with van der Waals surface area (Å²) in [6.45, 7) is 4.05. The molecule has 0 radical (unpaired) electrons. The summed E-state index contributed by atoms with van der Waals surface area (Å²) in [5.41, 5.74) is 1.02. The average Bonchev–Trinajstić information content (AvgIpc) is 2.77. The van der Waals surface area contributed by atoms with Gasteiger partial charge in [-0.3, -0.25) is 9.36 Å². The summed E-state index contributed by atoms with van der Waals surface area (Å²) >= 11 is 0. The van der Waals surface area contributed by atoms with Crippen LogP contribution >= 0.6 is 0 Å². The van der Waals surface area contributed by atoms with Gasteiger partial charge >= 0.3 is 5.97 Å². The number of morpholine rings is 1. The number of nitrogens with zero attached hydrogens (tertiary/aromatic N) is 3. The molecule has 2 N–H and O–H groups in total. The summed E-state index contributed by atoms with van der Waals surface area (Å²) < 4.78 is 21.3. The van der Waals surface area contributed by atoms with Crippen LogP contribution in [0.5, 0.6) is 0 Å². The third-order valence-corrected chi connectivity index (χ3v) is 5.44. The molecule has 8 nitrogen and oxygen atoms in total. The van der Waals surface area contributed by atoms with E-state index in [1.807, 2.05) is 4.90 Å². The van der Waals surface area contributed by atoms with Crippen molar-refractivity contribution >= 4 is 28.5 Å². The van der Waals surface area contributed by atoms with E-state index in [1.54, 1.807) is 32.2 Å². The zero-order chi connectivity index (χ0) is 22.1. The number of fused-ring (bicyclic) bond motifs is 1. The van der Waals surface area contributed by atoms with E-state index in [2.05, 4.69) is 5.32 Å². The highest BCUT2D eigenvalue weighted by Gasteiger charge is 2.22. The van der Waals surface area contributed by atoms with Crippen molar-refractivity contribution in [3.05, 3.63) is 63.7 Å². The van der Waals surface area contributed by atoms with E-state index in [4.69, 9.17) is 9.72 Å². The molecule has 0 saturated carbocycles. The highest BCUT2D eigenvalue weighted by Crippen LogP contribution is 2.28. The van der Waals surface area contributed by atoms with Crippen molar-refractivity contribution in [2.24, 2.45) is 7.05 Å². The molecule has 1 fully saturated rings. The Morgan fingerprint density at radius 1 is 1.26 bits per heavy atom. The van der Waals surface area contributed by atoms with Crippen molar-refractivity contribution in [2.75, 3.05) is 36.5 Å². The maximum atomic E-state index is 14.4. The van der Waals surface area contributed by atoms with Crippen molar-refractivity contribution in [1.29, 1.82) is 0 Å². The monoisotopic (exact) mass is 426 g/mol. The number of carbonyl (C=O) groups is 1. The summed E-state index contributed by atoms with van der Waals surface area (Å²) in [4.78, 5) is 31.3. The summed E-state index contributed by atoms with van der Waals surface area (Å²) in [7, 11) is 1.62. The Morgan fingerprint density at radius 2 is 1.97 bits per heavy atom. The number of anilines is 2. The summed E-state index contributed by atoms with van der Waals surface area (Å²) in [6.07, 6.45) is 0. The summed E-state index contributed by atoms with van der Waals surface area (Å²) in [5, 5.41) is 12.7. The van der Waals surface area contributed by atoms with Gasteiger partial charge in [0.25, 0.3) is 5.56 Å². The lowest BCUT2D eigenvalue weighted by molar-refractivity contribution is 0.0698. The maximum absolute atomic E-state index is 14.4. The van der Waals surface area contributed by atoms with Gasteiger partial charge in [-0.1, -0.05) is 12.1 Å². The van der Waals surface area contributed by atoms with Gasteiger partial charge in [-0.25, -0.2) is 14.2 Å². The van der Waals surface area contributed by atoms with Crippen LogP contribution in [0.25, 0.3) is 10.9 Å². The van der Waals surface area contributed by atoms with Gasteiger partial charge in [0.15, 0.2) is 0 Å². The average molecular weight is 426 g/mol. The van der Waals surface area contributed by atoms with Gasteiger partial charge in [-0.05, 0) is 31.2 Å². The van der Waals surface area contributed by atoms with Crippen molar-refractivity contribution in [3.63, 3.8) is 0 Å². The van der Waals surface area contributed by atoms with Gasteiger partial charge in [0.2, 0.25) is 5.95 Å². The van der Waals surface area contributed by atoms with Gasteiger partial charge in [0.05, 0.1) is 35.7 Å². The second kappa shape index (κ2) is 8.35. The molecule has 9 heteroatoms. The minimum atomic E-state index is -1.07. The molecular formula is C22H23FN4O4. The van der Waals surface area contributed by atoms with Gasteiger partial charge in [0, 0.05) is 31.4 Å². The van der Waals surface area contributed by atoms with Crippen LogP contribution in [-0.4, -0.2) is 46.9 Å². The minimum Gasteiger partial charge on any atom is -0.478 e. The molecule has 1 aromatic heterocycles. The minimum absolute atomic E-state index is 0.105. The van der Waals surface area contributed by atoms with E-state index in [0.717, 1.165) is 0 Å². The molecule has 31 heavy (non-hydrogen) atoms. The first-order valence-corrected chi connectivity index (χ1v) is 9.98. The highest BCUT2D eigenvalue weighted by molar-refractivity contribution is 5.94. The third kappa shape index (κ3) is 3.96. The third-order valence-electron chi connectivity index (χ3n) is 5.44. The number of benzene rings is 2. The first-order valence-electron chi connectivity index (χ1n) is 9.98. The standard InChI is InChI=1S/C22H23FN4O4/c1-13(24-18-6-4-3-5-15(18)21(29)30)16-11-14(23)12-17-19(16)25-22(26(2)20(17)28)27-7-9-31-10-8-27/h3-6,11-13,24H,7-10H2,1-2H3,(H,29,30)/t13-/m0/s1. The molecule has 0 amide bonds. The van der Waals surface area contributed by atoms with Crippen LogP contribution < -0.4 is 15.8 Å². The first kappa shape index (κ1) is 20.8. The van der Waals surface area contributed by atoms with Crippen LogP contribution in [0.1, 0.15) is 28.9 Å². The molecule has 1 atom stereocenters. The van der Waals surface area contributed by atoms with Gasteiger partial charge in [-0.2, -0.15) is 0 Å². The number of hydrogen-bond acceptors (Lipinski definition) is 6. The Bertz CT molecular complexity index is 1200. The number of aromatic nitrogens is 2. The second-order valence-electron chi connectivity index (χ2n) is 7.48. The van der Waals surface area contributed by atoms with Crippen molar-refractivity contribution in [3.8, 4) is 0 Å². The largest absolute Gasteiger partial charge is 0.478 e. The van der Waals surface area contributed by atoms with E-state index in [-0.39, 0.29) is 16.5 Å².